The quantitative estimate of drug-likeness (QED) is 0.878. The number of hydrogen-bond donors (Lipinski definition) is 1. The Labute approximate surface area is 126 Å². The standard InChI is InChI=1S/C14H17BrClNO2/c15-11-6-5-10(13(16)7-11)8-17(9-14(18)19)12-3-1-2-4-12/h5-7,12H,1-4,8-9H2,(H,18,19). The molecule has 0 spiro atoms. The molecule has 104 valence electrons. The minimum Gasteiger partial charge on any atom is -0.480 e. The Bertz CT molecular complexity index is 461. The average Bonchev–Trinajstić information content (AvgIpc) is 2.84. The minimum absolute atomic E-state index is 0.0804. The molecule has 0 radical (unpaired) electrons. The largest absolute Gasteiger partial charge is 0.480 e. The monoisotopic (exact) mass is 345 g/mol. The molecule has 1 aliphatic rings. The van der Waals surface area contributed by atoms with Crippen molar-refractivity contribution in [2.75, 3.05) is 6.54 Å². The second-order valence-electron chi connectivity index (χ2n) is 4.97. The van der Waals surface area contributed by atoms with Gasteiger partial charge in [-0.05, 0) is 30.5 Å². The van der Waals surface area contributed by atoms with E-state index in [-0.39, 0.29) is 6.54 Å². The van der Waals surface area contributed by atoms with Gasteiger partial charge in [0.15, 0.2) is 0 Å². The highest BCUT2D eigenvalue weighted by Gasteiger charge is 2.24. The van der Waals surface area contributed by atoms with E-state index in [4.69, 9.17) is 16.7 Å². The van der Waals surface area contributed by atoms with Crippen molar-refractivity contribution >= 4 is 33.5 Å². The zero-order valence-electron chi connectivity index (χ0n) is 10.6. The smallest absolute Gasteiger partial charge is 0.317 e. The van der Waals surface area contributed by atoms with E-state index in [0.29, 0.717) is 17.6 Å². The molecule has 19 heavy (non-hydrogen) atoms. The molecule has 1 fully saturated rings. The molecule has 1 N–H and O–H groups in total. The molecule has 1 aromatic carbocycles. The van der Waals surface area contributed by atoms with Crippen LogP contribution >= 0.6 is 27.5 Å². The van der Waals surface area contributed by atoms with Crippen molar-refractivity contribution in [1.82, 2.24) is 4.90 Å². The lowest BCUT2D eigenvalue weighted by molar-refractivity contribution is -0.139. The highest BCUT2D eigenvalue weighted by Crippen LogP contribution is 2.27. The molecule has 1 aromatic rings. The molecule has 2 rings (SSSR count). The first-order chi connectivity index (χ1) is 9.06. The van der Waals surface area contributed by atoms with Gasteiger partial charge in [-0.25, -0.2) is 0 Å². The van der Waals surface area contributed by atoms with Gasteiger partial charge in [-0.15, -0.1) is 0 Å². The molecule has 0 unspecified atom stereocenters. The molecule has 0 heterocycles. The first-order valence-corrected chi connectivity index (χ1v) is 7.63. The summed E-state index contributed by atoms with van der Waals surface area (Å²) in [5.74, 6) is -0.778. The van der Waals surface area contributed by atoms with Crippen LogP contribution in [0.5, 0.6) is 0 Å². The molecule has 1 aliphatic carbocycles. The third kappa shape index (κ3) is 4.20. The topological polar surface area (TPSA) is 40.5 Å². The highest BCUT2D eigenvalue weighted by molar-refractivity contribution is 9.10. The van der Waals surface area contributed by atoms with Gasteiger partial charge in [0, 0.05) is 22.1 Å². The fourth-order valence-corrected chi connectivity index (χ4v) is 3.36. The van der Waals surface area contributed by atoms with Crippen molar-refractivity contribution in [3.05, 3.63) is 33.3 Å². The average molecular weight is 347 g/mol. The summed E-state index contributed by atoms with van der Waals surface area (Å²) in [6, 6.07) is 6.12. The Hall–Kier alpha value is -0.580. The number of halogens is 2. The van der Waals surface area contributed by atoms with Crippen LogP contribution in [0.25, 0.3) is 0 Å². The molecule has 3 nitrogen and oxygen atoms in total. The van der Waals surface area contributed by atoms with Crippen molar-refractivity contribution in [3.63, 3.8) is 0 Å². The van der Waals surface area contributed by atoms with Crippen LogP contribution in [-0.4, -0.2) is 28.6 Å². The van der Waals surface area contributed by atoms with Crippen molar-refractivity contribution in [3.8, 4) is 0 Å². The lowest BCUT2D eigenvalue weighted by Crippen LogP contribution is -2.37. The number of aliphatic carboxylic acids is 1. The van der Waals surface area contributed by atoms with Gasteiger partial charge < -0.3 is 5.11 Å². The van der Waals surface area contributed by atoms with Crippen LogP contribution in [0.4, 0.5) is 0 Å². The molecule has 0 aliphatic heterocycles. The first kappa shape index (κ1) is 14.8. The normalized spacial score (nSPS) is 16.2. The number of carboxylic acids is 1. The van der Waals surface area contributed by atoms with Crippen molar-refractivity contribution in [2.24, 2.45) is 0 Å². The Balaban J connectivity index is 2.12. The second-order valence-corrected chi connectivity index (χ2v) is 6.30. The lowest BCUT2D eigenvalue weighted by atomic mass is 10.1. The fourth-order valence-electron chi connectivity index (χ4n) is 2.63. The summed E-state index contributed by atoms with van der Waals surface area (Å²) >= 11 is 9.59. The molecule has 0 atom stereocenters. The number of carboxylic acid groups (broad SMARTS) is 1. The van der Waals surface area contributed by atoms with E-state index < -0.39 is 5.97 Å². The molecule has 0 aromatic heterocycles. The van der Waals surface area contributed by atoms with Crippen LogP contribution in [0, 0.1) is 0 Å². The Morgan fingerprint density at radius 2 is 2.11 bits per heavy atom. The van der Waals surface area contributed by atoms with E-state index in [9.17, 15) is 4.79 Å². The zero-order chi connectivity index (χ0) is 13.8. The van der Waals surface area contributed by atoms with E-state index in [0.717, 1.165) is 22.9 Å². The predicted molar refractivity (Wildman–Crippen MR) is 79.5 cm³/mol. The lowest BCUT2D eigenvalue weighted by Gasteiger charge is -2.27. The zero-order valence-corrected chi connectivity index (χ0v) is 13.0. The van der Waals surface area contributed by atoms with Crippen LogP contribution < -0.4 is 0 Å². The third-order valence-corrected chi connectivity index (χ3v) is 4.41. The molecule has 0 bridgehead atoms. The van der Waals surface area contributed by atoms with Crippen molar-refractivity contribution < 1.29 is 9.90 Å². The van der Waals surface area contributed by atoms with Gasteiger partial charge in [0.05, 0.1) is 6.54 Å². The molecule has 0 saturated heterocycles. The minimum atomic E-state index is -0.778. The van der Waals surface area contributed by atoms with Crippen LogP contribution in [0.3, 0.4) is 0 Å². The van der Waals surface area contributed by atoms with E-state index in [1.165, 1.54) is 12.8 Å². The third-order valence-electron chi connectivity index (χ3n) is 3.57. The second kappa shape index (κ2) is 6.73. The maximum atomic E-state index is 11.0. The van der Waals surface area contributed by atoms with Gasteiger partial charge in [0.25, 0.3) is 0 Å². The van der Waals surface area contributed by atoms with Gasteiger partial charge in [0.2, 0.25) is 0 Å². The maximum Gasteiger partial charge on any atom is 0.317 e. The summed E-state index contributed by atoms with van der Waals surface area (Å²) in [4.78, 5) is 13.0. The van der Waals surface area contributed by atoms with Crippen LogP contribution in [-0.2, 0) is 11.3 Å². The molecule has 0 amide bonds. The van der Waals surface area contributed by atoms with E-state index in [2.05, 4.69) is 15.9 Å². The van der Waals surface area contributed by atoms with Gasteiger partial charge in [-0.1, -0.05) is 46.4 Å². The number of nitrogens with zero attached hydrogens (tertiary/aromatic N) is 1. The van der Waals surface area contributed by atoms with Gasteiger partial charge >= 0.3 is 5.97 Å². The molecular weight excluding hydrogens is 330 g/mol. The number of rotatable bonds is 5. The summed E-state index contributed by atoms with van der Waals surface area (Å²) in [6.45, 7) is 0.681. The number of carbonyl (C=O) groups is 1. The van der Waals surface area contributed by atoms with Gasteiger partial charge in [-0.3, -0.25) is 9.69 Å². The van der Waals surface area contributed by atoms with E-state index >= 15 is 0 Å². The summed E-state index contributed by atoms with van der Waals surface area (Å²) in [7, 11) is 0. The molecule has 5 heteroatoms. The highest BCUT2D eigenvalue weighted by atomic mass is 79.9. The van der Waals surface area contributed by atoms with Crippen molar-refractivity contribution in [2.45, 2.75) is 38.3 Å². The van der Waals surface area contributed by atoms with Gasteiger partial charge in [-0.2, -0.15) is 0 Å². The summed E-state index contributed by atoms with van der Waals surface area (Å²) in [5, 5.41) is 9.74. The van der Waals surface area contributed by atoms with Crippen LogP contribution in [0.1, 0.15) is 31.2 Å². The van der Waals surface area contributed by atoms with E-state index in [1.807, 2.05) is 23.1 Å². The SMILES string of the molecule is O=C(O)CN(Cc1ccc(Br)cc1Cl)C1CCCC1. The predicted octanol–water partition coefficient (Wildman–Crippen LogP) is 3.93. The van der Waals surface area contributed by atoms with E-state index in [1.54, 1.807) is 0 Å². The number of hydrogen-bond acceptors (Lipinski definition) is 2. The first-order valence-electron chi connectivity index (χ1n) is 6.46. The van der Waals surface area contributed by atoms with Crippen LogP contribution in [0.15, 0.2) is 22.7 Å². The van der Waals surface area contributed by atoms with Crippen LogP contribution in [0.2, 0.25) is 5.02 Å². The summed E-state index contributed by atoms with van der Waals surface area (Å²) < 4.78 is 0.937. The molecule has 1 saturated carbocycles. The Morgan fingerprint density at radius 1 is 1.42 bits per heavy atom. The summed E-state index contributed by atoms with van der Waals surface area (Å²) in [5.41, 5.74) is 0.984. The Morgan fingerprint density at radius 3 is 2.68 bits per heavy atom. The maximum absolute atomic E-state index is 11.0. The molecular formula is C14H17BrClNO2. The summed E-state index contributed by atoms with van der Waals surface area (Å²) in [6.07, 6.45) is 4.55. The number of benzene rings is 1. The van der Waals surface area contributed by atoms with Crippen molar-refractivity contribution in [1.29, 1.82) is 0 Å². The fraction of sp³-hybridized carbons (Fsp3) is 0.500. The van der Waals surface area contributed by atoms with Gasteiger partial charge in [0.1, 0.15) is 0 Å². The Kier molecular flexibility index (Phi) is 5.25.